The Morgan fingerprint density at radius 3 is 2.79 bits per heavy atom. The number of carbonyl (C=O) groups is 1. The molecule has 1 N–H and O–H groups in total. The van der Waals surface area contributed by atoms with Crippen molar-refractivity contribution < 1.29 is 9.53 Å². The molecule has 0 radical (unpaired) electrons. The molecule has 1 aliphatic rings. The maximum atomic E-state index is 12.8. The van der Waals surface area contributed by atoms with Gasteiger partial charge in [-0.3, -0.25) is 9.36 Å². The third kappa shape index (κ3) is 5.88. The number of ether oxygens (including phenoxy) is 1. The molecule has 1 aromatic carbocycles. The number of fused-ring (bicyclic) bond motifs is 1. The molecule has 0 saturated heterocycles. The van der Waals surface area contributed by atoms with Crippen LogP contribution in [0, 0.1) is 11.3 Å². The largest absolute Gasteiger partial charge is 0.486 e. The summed E-state index contributed by atoms with van der Waals surface area (Å²) in [5.41, 5.74) is 1.76. The van der Waals surface area contributed by atoms with E-state index in [1.54, 1.807) is 17.4 Å². The molecule has 0 saturated carbocycles. The van der Waals surface area contributed by atoms with Gasteiger partial charge in [0.2, 0.25) is 5.91 Å². The first kappa shape index (κ1) is 24.0. The molecule has 0 fully saturated rings. The molecule has 9 heteroatoms. The smallest absolute Gasteiger partial charge is 0.235 e. The van der Waals surface area contributed by atoms with Crippen LogP contribution in [0.1, 0.15) is 47.5 Å². The molecular weight excluding hydrogens is 466 g/mol. The van der Waals surface area contributed by atoms with Crippen LogP contribution >= 0.6 is 23.1 Å². The minimum absolute atomic E-state index is 0.161. The van der Waals surface area contributed by atoms with Crippen molar-refractivity contribution in [2.75, 3.05) is 11.1 Å². The first-order valence-corrected chi connectivity index (χ1v) is 13.2. The molecular formula is C25H27N5O2S2. The number of hydrogen-bond donors (Lipinski definition) is 1. The van der Waals surface area contributed by atoms with Gasteiger partial charge in [-0.1, -0.05) is 48.9 Å². The molecule has 3 aromatic rings. The number of aromatic nitrogens is 3. The van der Waals surface area contributed by atoms with Crippen molar-refractivity contribution in [1.82, 2.24) is 14.8 Å². The monoisotopic (exact) mass is 493 g/mol. The fourth-order valence-corrected chi connectivity index (χ4v) is 5.95. The molecule has 0 aliphatic heterocycles. The lowest BCUT2D eigenvalue weighted by Gasteiger charge is -2.09. The van der Waals surface area contributed by atoms with E-state index < -0.39 is 0 Å². The average Bonchev–Trinajstić information content (AvgIpc) is 3.37. The van der Waals surface area contributed by atoms with E-state index in [0.29, 0.717) is 28.1 Å². The van der Waals surface area contributed by atoms with Gasteiger partial charge in [0.25, 0.3) is 0 Å². The molecule has 0 atom stereocenters. The van der Waals surface area contributed by atoms with E-state index >= 15 is 0 Å². The van der Waals surface area contributed by atoms with E-state index in [1.165, 1.54) is 29.5 Å². The second-order valence-corrected chi connectivity index (χ2v) is 10.0. The molecule has 1 aliphatic carbocycles. The van der Waals surface area contributed by atoms with Crippen LogP contribution in [0.15, 0.2) is 48.1 Å². The molecule has 0 spiro atoms. The zero-order valence-electron chi connectivity index (χ0n) is 19.0. The number of nitrogens with one attached hydrogen (secondary N) is 1. The Kier molecular flexibility index (Phi) is 8.39. The number of anilines is 1. The number of thioether (sulfide) groups is 1. The molecule has 0 bridgehead atoms. The standard InChI is InChI=1S/C25H27N5O2S2/c1-2-14-30-22(16-32-18-10-6-5-7-11-18)28-29-25(30)33-17-23(31)27-24-20(15-26)19-12-8-3-4-9-13-21(19)34-24/h2,5-7,10-11H,1,3-4,8-9,12-14,16-17H2,(H,27,31). The van der Waals surface area contributed by atoms with Crippen molar-refractivity contribution in [3.8, 4) is 11.8 Å². The van der Waals surface area contributed by atoms with Crippen molar-refractivity contribution in [1.29, 1.82) is 5.26 Å². The van der Waals surface area contributed by atoms with Crippen LogP contribution < -0.4 is 10.1 Å². The summed E-state index contributed by atoms with van der Waals surface area (Å²) in [6.45, 7) is 4.60. The highest BCUT2D eigenvalue weighted by Gasteiger charge is 2.21. The SMILES string of the molecule is C=CCn1c(COc2ccccc2)nnc1SCC(=O)Nc1sc2c(c1C#N)CCCCCC2. The third-order valence-corrected chi connectivity index (χ3v) is 7.76. The average molecular weight is 494 g/mol. The van der Waals surface area contributed by atoms with Crippen LogP contribution in [-0.2, 0) is 30.8 Å². The molecule has 34 heavy (non-hydrogen) atoms. The zero-order valence-corrected chi connectivity index (χ0v) is 20.6. The lowest BCUT2D eigenvalue weighted by molar-refractivity contribution is -0.113. The van der Waals surface area contributed by atoms with Gasteiger partial charge in [0.05, 0.1) is 11.3 Å². The quantitative estimate of drug-likeness (QED) is 0.318. The fraction of sp³-hybridized carbons (Fsp3) is 0.360. The minimum Gasteiger partial charge on any atom is -0.486 e. The molecule has 2 heterocycles. The van der Waals surface area contributed by atoms with Crippen LogP contribution in [0.25, 0.3) is 0 Å². The number of hydrogen-bond acceptors (Lipinski definition) is 7. The maximum absolute atomic E-state index is 12.8. The summed E-state index contributed by atoms with van der Waals surface area (Å²) < 4.78 is 7.70. The summed E-state index contributed by atoms with van der Waals surface area (Å²) in [4.78, 5) is 14.0. The van der Waals surface area contributed by atoms with Gasteiger partial charge in [0, 0.05) is 11.4 Å². The van der Waals surface area contributed by atoms with E-state index in [9.17, 15) is 10.1 Å². The lowest BCUT2D eigenvalue weighted by Crippen LogP contribution is -2.15. The van der Waals surface area contributed by atoms with E-state index in [-0.39, 0.29) is 18.3 Å². The maximum Gasteiger partial charge on any atom is 0.235 e. The predicted octanol–water partition coefficient (Wildman–Crippen LogP) is 5.37. The van der Waals surface area contributed by atoms with Gasteiger partial charge >= 0.3 is 0 Å². The highest BCUT2D eigenvalue weighted by Crippen LogP contribution is 2.36. The van der Waals surface area contributed by atoms with Gasteiger partial charge in [-0.2, -0.15) is 5.26 Å². The Hall–Kier alpha value is -3.09. The summed E-state index contributed by atoms with van der Waals surface area (Å²) in [6.07, 6.45) is 8.31. The van der Waals surface area contributed by atoms with E-state index in [1.807, 2.05) is 34.9 Å². The van der Waals surface area contributed by atoms with Crippen molar-refractivity contribution >= 4 is 34.0 Å². The first-order valence-electron chi connectivity index (χ1n) is 11.4. The summed E-state index contributed by atoms with van der Waals surface area (Å²) in [5, 5.41) is 22.5. The Bertz CT molecular complexity index is 1180. The van der Waals surface area contributed by atoms with Crippen LogP contribution in [0.2, 0.25) is 0 Å². The molecule has 4 rings (SSSR count). The summed E-state index contributed by atoms with van der Waals surface area (Å²) in [6, 6.07) is 11.8. The Balaban J connectivity index is 1.40. The molecule has 2 aromatic heterocycles. The molecule has 0 unspecified atom stereocenters. The Morgan fingerprint density at radius 1 is 1.24 bits per heavy atom. The zero-order chi connectivity index (χ0) is 23.8. The first-order chi connectivity index (χ1) is 16.7. The number of rotatable bonds is 9. The second-order valence-electron chi connectivity index (χ2n) is 7.97. The molecule has 1 amide bonds. The molecule has 176 valence electrons. The van der Waals surface area contributed by atoms with Crippen molar-refractivity contribution in [3.05, 3.63) is 64.8 Å². The van der Waals surface area contributed by atoms with Crippen molar-refractivity contribution in [2.24, 2.45) is 0 Å². The number of para-hydroxylation sites is 1. The minimum atomic E-state index is -0.161. The highest BCUT2D eigenvalue weighted by molar-refractivity contribution is 7.99. The number of nitriles is 1. The number of benzene rings is 1. The lowest BCUT2D eigenvalue weighted by atomic mass is 9.97. The van der Waals surface area contributed by atoms with E-state index in [2.05, 4.69) is 28.2 Å². The van der Waals surface area contributed by atoms with E-state index in [4.69, 9.17) is 4.74 Å². The van der Waals surface area contributed by atoms with Crippen LogP contribution in [0.3, 0.4) is 0 Å². The van der Waals surface area contributed by atoms with Gasteiger partial charge in [0.15, 0.2) is 11.0 Å². The topological polar surface area (TPSA) is 92.8 Å². The number of amides is 1. The molecule has 7 nitrogen and oxygen atoms in total. The second kappa shape index (κ2) is 11.9. The van der Waals surface area contributed by atoms with Crippen molar-refractivity contribution in [2.45, 2.75) is 56.8 Å². The Labute approximate surface area is 207 Å². The van der Waals surface area contributed by atoms with Gasteiger partial charge in [-0.05, 0) is 43.4 Å². The summed E-state index contributed by atoms with van der Waals surface area (Å²) in [7, 11) is 0. The number of aryl methyl sites for hydroxylation is 1. The Morgan fingerprint density at radius 2 is 2.03 bits per heavy atom. The van der Waals surface area contributed by atoms with Crippen molar-refractivity contribution in [3.63, 3.8) is 0 Å². The number of nitrogens with zero attached hydrogens (tertiary/aromatic N) is 4. The van der Waals surface area contributed by atoms with Gasteiger partial charge in [-0.25, -0.2) is 0 Å². The highest BCUT2D eigenvalue weighted by atomic mass is 32.2. The number of allylic oxidation sites excluding steroid dienone is 1. The van der Waals surface area contributed by atoms with Gasteiger partial charge in [0.1, 0.15) is 23.4 Å². The fourth-order valence-electron chi connectivity index (χ4n) is 3.93. The normalized spacial score (nSPS) is 13.3. The summed E-state index contributed by atoms with van der Waals surface area (Å²) in [5.74, 6) is 1.42. The third-order valence-electron chi connectivity index (χ3n) is 5.58. The predicted molar refractivity (Wildman–Crippen MR) is 135 cm³/mol. The van der Waals surface area contributed by atoms with Gasteiger partial charge in [-0.15, -0.1) is 28.1 Å². The van der Waals surface area contributed by atoms with Crippen LogP contribution in [0.5, 0.6) is 5.75 Å². The number of carbonyl (C=O) groups excluding carboxylic acids is 1. The number of thiophene rings is 1. The van der Waals surface area contributed by atoms with Crippen LogP contribution in [0.4, 0.5) is 5.00 Å². The van der Waals surface area contributed by atoms with E-state index in [0.717, 1.165) is 37.0 Å². The summed E-state index contributed by atoms with van der Waals surface area (Å²) >= 11 is 2.86. The van der Waals surface area contributed by atoms with Gasteiger partial charge < -0.3 is 10.1 Å². The van der Waals surface area contributed by atoms with Crippen LogP contribution in [-0.4, -0.2) is 26.4 Å².